The van der Waals surface area contributed by atoms with Crippen LogP contribution >= 0.6 is 0 Å². The van der Waals surface area contributed by atoms with E-state index in [1.807, 2.05) is 30.5 Å². The topological polar surface area (TPSA) is 65.2 Å². The number of nitrogens with zero attached hydrogens (tertiary/aromatic N) is 1. The van der Waals surface area contributed by atoms with Gasteiger partial charge in [-0.25, -0.2) is 0 Å². The number of amides is 2. The second-order valence-electron chi connectivity index (χ2n) is 7.77. The number of H-pyrrole nitrogens is 1. The minimum absolute atomic E-state index is 0.199. The highest BCUT2D eigenvalue weighted by molar-refractivity contribution is 6.14. The lowest BCUT2D eigenvalue weighted by Crippen LogP contribution is -2.28. The summed E-state index contributed by atoms with van der Waals surface area (Å²) in [6, 6.07) is 14.2. The Labute approximate surface area is 162 Å². The molecule has 138 valence electrons. The number of benzene rings is 2. The van der Waals surface area contributed by atoms with E-state index >= 15 is 0 Å². The fourth-order valence-corrected chi connectivity index (χ4v) is 5.13. The highest BCUT2D eigenvalue weighted by atomic mass is 16.2. The molecule has 5 nitrogen and oxygen atoms in total. The van der Waals surface area contributed by atoms with Crippen molar-refractivity contribution < 1.29 is 9.59 Å². The maximum absolute atomic E-state index is 12.9. The lowest BCUT2D eigenvalue weighted by Gasteiger charge is -2.30. The van der Waals surface area contributed by atoms with E-state index < -0.39 is 11.8 Å². The summed E-state index contributed by atoms with van der Waals surface area (Å²) in [5.41, 5.74) is 6.52. The molecule has 0 unspecified atom stereocenters. The second kappa shape index (κ2) is 5.58. The van der Waals surface area contributed by atoms with E-state index in [0.29, 0.717) is 0 Å². The SMILES string of the molecule is O=C1NC(=O)[C@@H](c2c[nH]c3ccccc23)[C@@H]1C1=CCN2CCc3cccc1c32. The predicted octanol–water partition coefficient (Wildman–Crippen LogP) is 2.98. The van der Waals surface area contributed by atoms with Gasteiger partial charge in [0.15, 0.2) is 0 Å². The van der Waals surface area contributed by atoms with Crippen molar-refractivity contribution in [3.63, 3.8) is 0 Å². The Morgan fingerprint density at radius 3 is 2.75 bits per heavy atom. The predicted molar refractivity (Wildman–Crippen MR) is 108 cm³/mol. The van der Waals surface area contributed by atoms with Crippen LogP contribution in [0.3, 0.4) is 0 Å². The van der Waals surface area contributed by atoms with Gasteiger partial charge in [-0.3, -0.25) is 14.9 Å². The van der Waals surface area contributed by atoms with Gasteiger partial charge < -0.3 is 9.88 Å². The van der Waals surface area contributed by atoms with Crippen LogP contribution in [-0.4, -0.2) is 29.9 Å². The Morgan fingerprint density at radius 1 is 0.964 bits per heavy atom. The van der Waals surface area contributed by atoms with E-state index in [4.69, 9.17) is 0 Å². The lowest BCUT2D eigenvalue weighted by molar-refractivity contribution is -0.125. The van der Waals surface area contributed by atoms with Crippen LogP contribution in [-0.2, 0) is 16.0 Å². The van der Waals surface area contributed by atoms with Crippen molar-refractivity contribution in [1.82, 2.24) is 10.3 Å². The van der Waals surface area contributed by atoms with Crippen LogP contribution < -0.4 is 10.2 Å². The third-order valence-corrected chi connectivity index (χ3v) is 6.37. The molecule has 0 bridgehead atoms. The number of carbonyl (C=O) groups excluding carboxylic acids is 2. The average Bonchev–Trinajstić information content (AvgIpc) is 3.39. The monoisotopic (exact) mass is 369 g/mol. The zero-order chi connectivity index (χ0) is 18.8. The molecule has 3 aliphatic heterocycles. The maximum Gasteiger partial charge on any atom is 0.235 e. The summed E-state index contributed by atoms with van der Waals surface area (Å²) >= 11 is 0. The van der Waals surface area contributed by atoms with Crippen LogP contribution in [0.15, 0.2) is 54.7 Å². The number of hydrogen-bond acceptors (Lipinski definition) is 3. The first-order valence-electron chi connectivity index (χ1n) is 9.70. The van der Waals surface area contributed by atoms with Crippen LogP contribution in [0.2, 0.25) is 0 Å². The first-order chi connectivity index (χ1) is 13.7. The number of para-hydroxylation sites is 2. The Morgan fingerprint density at radius 2 is 1.82 bits per heavy atom. The second-order valence-corrected chi connectivity index (χ2v) is 7.77. The molecular formula is C23H19N3O2. The van der Waals surface area contributed by atoms with Gasteiger partial charge in [-0.2, -0.15) is 0 Å². The van der Waals surface area contributed by atoms with Gasteiger partial charge in [0.2, 0.25) is 11.8 Å². The summed E-state index contributed by atoms with van der Waals surface area (Å²) in [6.45, 7) is 1.80. The molecule has 3 aromatic rings. The molecule has 1 fully saturated rings. The van der Waals surface area contributed by atoms with Crippen molar-refractivity contribution in [1.29, 1.82) is 0 Å². The number of aromatic nitrogens is 1. The summed E-state index contributed by atoms with van der Waals surface area (Å²) in [7, 11) is 0. The van der Waals surface area contributed by atoms with Gasteiger partial charge >= 0.3 is 0 Å². The zero-order valence-electron chi connectivity index (χ0n) is 15.2. The smallest absolute Gasteiger partial charge is 0.235 e. The number of nitrogens with one attached hydrogen (secondary N) is 2. The standard InChI is InChI=1S/C23H19N3O2/c27-22-19(15-9-11-26-10-8-13-4-3-6-16(15)21(13)26)20(23(28)25-22)17-12-24-18-7-2-1-5-14(17)18/h1-7,9,12,19-20,24H,8,10-11H2,(H,25,27,28)/t19-,20-/m0/s1. The Balaban J connectivity index is 1.52. The Bertz CT molecular complexity index is 1190. The number of aromatic amines is 1. The number of carbonyl (C=O) groups is 2. The van der Waals surface area contributed by atoms with Crippen LogP contribution in [0.25, 0.3) is 16.5 Å². The fraction of sp³-hybridized carbons (Fsp3) is 0.217. The molecular weight excluding hydrogens is 350 g/mol. The third-order valence-electron chi connectivity index (χ3n) is 6.37. The molecule has 2 aromatic carbocycles. The van der Waals surface area contributed by atoms with E-state index in [9.17, 15) is 9.59 Å². The molecule has 0 aliphatic carbocycles. The number of imide groups is 1. The zero-order valence-corrected chi connectivity index (χ0v) is 15.2. The summed E-state index contributed by atoms with van der Waals surface area (Å²) in [6.07, 6.45) is 5.06. The molecule has 28 heavy (non-hydrogen) atoms. The molecule has 2 atom stereocenters. The highest BCUT2D eigenvalue weighted by Crippen LogP contribution is 2.47. The minimum Gasteiger partial charge on any atom is -0.367 e. The van der Waals surface area contributed by atoms with Gasteiger partial charge in [-0.1, -0.05) is 42.5 Å². The van der Waals surface area contributed by atoms with E-state index in [1.165, 1.54) is 11.3 Å². The molecule has 2 amide bonds. The van der Waals surface area contributed by atoms with Gasteiger partial charge in [0, 0.05) is 41.4 Å². The van der Waals surface area contributed by atoms with Crippen LogP contribution in [0.4, 0.5) is 5.69 Å². The van der Waals surface area contributed by atoms with Crippen molar-refractivity contribution in [2.24, 2.45) is 5.92 Å². The average molecular weight is 369 g/mol. The summed E-state index contributed by atoms with van der Waals surface area (Å²) in [5.74, 6) is -1.43. The Hall–Kier alpha value is -3.34. The largest absolute Gasteiger partial charge is 0.367 e. The molecule has 2 N–H and O–H groups in total. The molecule has 1 saturated heterocycles. The van der Waals surface area contributed by atoms with Gasteiger partial charge in [0.05, 0.1) is 11.8 Å². The van der Waals surface area contributed by atoms with Crippen LogP contribution in [0.5, 0.6) is 0 Å². The molecule has 0 radical (unpaired) electrons. The first-order valence-corrected chi connectivity index (χ1v) is 9.70. The van der Waals surface area contributed by atoms with Crippen molar-refractivity contribution >= 4 is 34.0 Å². The van der Waals surface area contributed by atoms with E-state index in [1.54, 1.807) is 0 Å². The van der Waals surface area contributed by atoms with Gasteiger partial charge in [-0.05, 0) is 29.2 Å². The molecule has 1 aromatic heterocycles. The molecule has 5 heteroatoms. The fourth-order valence-electron chi connectivity index (χ4n) is 5.13. The first kappa shape index (κ1) is 15.7. The number of fused-ring (bicyclic) bond motifs is 1. The molecule has 4 heterocycles. The molecule has 3 aliphatic rings. The molecule has 0 spiro atoms. The number of hydrogen-bond donors (Lipinski definition) is 2. The number of rotatable bonds is 2. The lowest BCUT2D eigenvalue weighted by atomic mass is 9.78. The van der Waals surface area contributed by atoms with Crippen molar-refractivity contribution in [2.45, 2.75) is 12.3 Å². The minimum atomic E-state index is -0.515. The maximum atomic E-state index is 12.9. The quantitative estimate of drug-likeness (QED) is 0.683. The van der Waals surface area contributed by atoms with E-state index in [0.717, 1.165) is 47.1 Å². The molecule has 6 rings (SSSR count). The summed E-state index contributed by atoms with van der Waals surface area (Å²) in [4.78, 5) is 31.4. The Kier molecular flexibility index (Phi) is 3.13. The van der Waals surface area contributed by atoms with Gasteiger partial charge in [0.1, 0.15) is 0 Å². The summed E-state index contributed by atoms with van der Waals surface area (Å²) in [5, 5.41) is 3.59. The van der Waals surface area contributed by atoms with Crippen LogP contribution in [0.1, 0.15) is 22.6 Å². The van der Waals surface area contributed by atoms with E-state index in [2.05, 4.69) is 39.5 Å². The number of anilines is 1. The van der Waals surface area contributed by atoms with Gasteiger partial charge in [0.25, 0.3) is 0 Å². The third kappa shape index (κ3) is 2.01. The molecule has 0 saturated carbocycles. The van der Waals surface area contributed by atoms with Gasteiger partial charge in [-0.15, -0.1) is 0 Å². The highest BCUT2D eigenvalue weighted by Gasteiger charge is 2.47. The van der Waals surface area contributed by atoms with Crippen molar-refractivity contribution in [3.8, 4) is 0 Å². The van der Waals surface area contributed by atoms with Crippen molar-refractivity contribution in [3.05, 3.63) is 71.4 Å². The van der Waals surface area contributed by atoms with Crippen molar-refractivity contribution in [2.75, 3.05) is 18.0 Å². The van der Waals surface area contributed by atoms with Crippen LogP contribution in [0, 0.1) is 5.92 Å². The summed E-state index contributed by atoms with van der Waals surface area (Å²) < 4.78 is 0. The normalized spacial score (nSPS) is 23.1. The van der Waals surface area contributed by atoms with E-state index in [-0.39, 0.29) is 11.8 Å².